The van der Waals surface area contributed by atoms with Crippen molar-refractivity contribution in [2.45, 2.75) is 46.2 Å². The third-order valence-electron chi connectivity index (χ3n) is 3.16. The van der Waals surface area contributed by atoms with Crippen LogP contribution in [0.15, 0.2) is 0 Å². The van der Waals surface area contributed by atoms with Crippen molar-refractivity contribution in [3.63, 3.8) is 0 Å². The first kappa shape index (κ1) is 13.8. The third-order valence-corrected chi connectivity index (χ3v) is 3.16. The van der Waals surface area contributed by atoms with E-state index < -0.39 is 0 Å². The van der Waals surface area contributed by atoms with Gasteiger partial charge in [-0.2, -0.15) is 0 Å². The van der Waals surface area contributed by atoms with Crippen LogP contribution in [0, 0.1) is 0 Å². The molecule has 3 amide bonds. The summed E-state index contributed by atoms with van der Waals surface area (Å²) >= 11 is 0. The van der Waals surface area contributed by atoms with Crippen LogP contribution in [-0.2, 0) is 4.79 Å². The molecule has 1 N–H and O–H groups in total. The van der Waals surface area contributed by atoms with Crippen LogP contribution in [0.3, 0.4) is 0 Å². The Labute approximate surface area is 103 Å². The number of hydrogen-bond acceptors (Lipinski definition) is 2. The summed E-state index contributed by atoms with van der Waals surface area (Å²) in [6.45, 7) is 9.89. The van der Waals surface area contributed by atoms with Gasteiger partial charge in [0.05, 0.1) is 6.04 Å². The van der Waals surface area contributed by atoms with Gasteiger partial charge in [-0.3, -0.25) is 4.79 Å². The van der Waals surface area contributed by atoms with E-state index in [1.807, 2.05) is 32.6 Å². The molecule has 1 heterocycles. The molecule has 1 rings (SSSR count). The van der Waals surface area contributed by atoms with Gasteiger partial charge in [0.1, 0.15) is 0 Å². The molecule has 0 aromatic carbocycles. The minimum absolute atomic E-state index is 0.0435. The number of nitrogens with one attached hydrogen (secondary N) is 1. The first-order chi connectivity index (χ1) is 7.99. The third kappa shape index (κ3) is 3.35. The van der Waals surface area contributed by atoms with Crippen LogP contribution < -0.4 is 5.32 Å². The van der Waals surface area contributed by atoms with E-state index in [4.69, 9.17) is 0 Å². The number of amides is 3. The highest BCUT2D eigenvalue weighted by Crippen LogP contribution is 2.14. The molecule has 0 aromatic heterocycles. The molecule has 1 aliphatic heterocycles. The first-order valence-electron chi connectivity index (χ1n) is 6.34. The maximum absolute atomic E-state index is 11.8. The second-order valence-electron chi connectivity index (χ2n) is 4.66. The molecule has 0 aromatic rings. The zero-order chi connectivity index (χ0) is 13.0. The summed E-state index contributed by atoms with van der Waals surface area (Å²) in [5, 5.41) is 2.92. The monoisotopic (exact) mass is 241 g/mol. The van der Waals surface area contributed by atoms with Crippen molar-refractivity contribution >= 4 is 11.9 Å². The van der Waals surface area contributed by atoms with Crippen molar-refractivity contribution in [2.24, 2.45) is 0 Å². The van der Waals surface area contributed by atoms with Gasteiger partial charge in [0.15, 0.2) is 0 Å². The molecule has 17 heavy (non-hydrogen) atoms. The second kappa shape index (κ2) is 5.89. The minimum atomic E-state index is -0.0709. The lowest BCUT2D eigenvalue weighted by molar-refractivity contribution is -0.129. The van der Waals surface area contributed by atoms with E-state index in [1.54, 1.807) is 4.90 Å². The van der Waals surface area contributed by atoms with Crippen molar-refractivity contribution in [3.8, 4) is 0 Å². The maximum atomic E-state index is 11.8. The van der Waals surface area contributed by atoms with Gasteiger partial charge in [-0.05, 0) is 27.7 Å². The summed E-state index contributed by atoms with van der Waals surface area (Å²) in [6.07, 6.45) is 0.422. The fourth-order valence-corrected chi connectivity index (χ4v) is 2.10. The van der Waals surface area contributed by atoms with E-state index in [0.717, 1.165) is 0 Å². The van der Waals surface area contributed by atoms with Crippen LogP contribution in [0.4, 0.5) is 4.79 Å². The van der Waals surface area contributed by atoms with Crippen molar-refractivity contribution in [2.75, 3.05) is 19.6 Å². The molecule has 1 aliphatic rings. The lowest BCUT2D eigenvalue weighted by Crippen LogP contribution is -2.46. The summed E-state index contributed by atoms with van der Waals surface area (Å²) < 4.78 is 0. The molecular formula is C12H23N3O2. The molecule has 0 spiro atoms. The number of rotatable bonds is 4. The number of carbonyl (C=O) groups excluding carboxylic acids is 2. The number of hydrogen-bond donors (Lipinski definition) is 1. The molecule has 5 heteroatoms. The largest absolute Gasteiger partial charge is 0.338 e. The van der Waals surface area contributed by atoms with Gasteiger partial charge in [0.25, 0.3) is 0 Å². The van der Waals surface area contributed by atoms with Crippen LogP contribution >= 0.6 is 0 Å². The maximum Gasteiger partial charge on any atom is 0.317 e. The fraction of sp³-hybridized carbons (Fsp3) is 0.833. The number of likely N-dealkylation sites (tertiary alicyclic amines) is 1. The SMILES string of the molecule is CCN(CC)C(=O)NC1CC(=O)N(C(C)C)C1. The molecular weight excluding hydrogens is 218 g/mol. The lowest BCUT2D eigenvalue weighted by Gasteiger charge is -2.23. The van der Waals surface area contributed by atoms with Gasteiger partial charge < -0.3 is 15.1 Å². The quantitative estimate of drug-likeness (QED) is 0.799. The highest BCUT2D eigenvalue weighted by Gasteiger charge is 2.32. The normalized spacial score (nSPS) is 19.9. The lowest BCUT2D eigenvalue weighted by atomic mass is 10.2. The Morgan fingerprint density at radius 2 is 2.06 bits per heavy atom. The molecule has 1 fully saturated rings. The predicted molar refractivity (Wildman–Crippen MR) is 66.7 cm³/mol. The van der Waals surface area contributed by atoms with E-state index in [2.05, 4.69) is 5.32 Å². The van der Waals surface area contributed by atoms with Crippen LogP contribution in [0.25, 0.3) is 0 Å². The molecule has 5 nitrogen and oxygen atoms in total. The summed E-state index contributed by atoms with van der Waals surface area (Å²) in [5.41, 5.74) is 0. The zero-order valence-electron chi connectivity index (χ0n) is 11.2. The molecule has 98 valence electrons. The Morgan fingerprint density at radius 3 is 2.47 bits per heavy atom. The Balaban J connectivity index is 2.49. The molecule has 1 saturated heterocycles. The number of carbonyl (C=O) groups is 2. The van der Waals surface area contributed by atoms with E-state index in [9.17, 15) is 9.59 Å². The summed E-state index contributed by atoms with van der Waals surface area (Å²) in [5.74, 6) is 0.129. The molecule has 0 radical (unpaired) electrons. The smallest absolute Gasteiger partial charge is 0.317 e. The fourth-order valence-electron chi connectivity index (χ4n) is 2.10. The molecule has 1 atom stereocenters. The summed E-state index contributed by atoms with van der Waals surface area (Å²) in [4.78, 5) is 27.0. The van der Waals surface area contributed by atoms with E-state index in [1.165, 1.54) is 0 Å². The van der Waals surface area contributed by atoms with Gasteiger partial charge in [-0.15, -0.1) is 0 Å². The van der Waals surface area contributed by atoms with Gasteiger partial charge in [0, 0.05) is 32.1 Å². The van der Waals surface area contributed by atoms with Crippen molar-refractivity contribution in [3.05, 3.63) is 0 Å². The van der Waals surface area contributed by atoms with E-state index >= 15 is 0 Å². The number of urea groups is 1. The van der Waals surface area contributed by atoms with Gasteiger partial charge in [-0.1, -0.05) is 0 Å². The van der Waals surface area contributed by atoms with Crippen molar-refractivity contribution in [1.29, 1.82) is 0 Å². The Kier molecular flexibility index (Phi) is 4.78. The molecule has 0 bridgehead atoms. The summed E-state index contributed by atoms with van der Waals surface area (Å²) in [6, 6.07) is 0.0919. The van der Waals surface area contributed by atoms with Gasteiger partial charge >= 0.3 is 6.03 Å². The minimum Gasteiger partial charge on any atom is -0.338 e. The predicted octanol–water partition coefficient (Wildman–Crippen LogP) is 1.05. The first-order valence-corrected chi connectivity index (χ1v) is 6.34. The molecule has 0 saturated carbocycles. The molecule has 1 unspecified atom stereocenters. The average Bonchev–Trinajstić information content (AvgIpc) is 2.61. The van der Waals surface area contributed by atoms with Crippen LogP contribution in [0.5, 0.6) is 0 Å². The van der Waals surface area contributed by atoms with Gasteiger partial charge in [0.2, 0.25) is 5.91 Å². The Bertz CT molecular complexity index is 287. The average molecular weight is 241 g/mol. The topological polar surface area (TPSA) is 52.7 Å². The molecule has 0 aliphatic carbocycles. The highest BCUT2D eigenvalue weighted by atomic mass is 16.2. The van der Waals surface area contributed by atoms with Crippen molar-refractivity contribution in [1.82, 2.24) is 15.1 Å². The van der Waals surface area contributed by atoms with Crippen molar-refractivity contribution < 1.29 is 9.59 Å². The highest BCUT2D eigenvalue weighted by molar-refractivity contribution is 5.81. The standard InChI is InChI=1S/C12H23N3O2/c1-5-14(6-2)12(17)13-10-7-11(16)15(8-10)9(3)4/h9-10H,5-8H2,1-4H3,(H,13,17). The number of nitrogens with zero attached hydrogens (tertiary/aromatic N) is 2. The Morgan fingerprint density at radius 1 is 1.47 bits per heavy atom. The zero-order valence-corrected chi connectivity index (χ0v) is 11.2. The summed E-state index contributed by atoms with van der Waals surface area (Å²) in [7, 11) is 0. The van der Waals surface area contributed by atoms with Gasteiger partial charge in [-0.25, -0.2) is 4.79 Å². The van der Waals surface area contributed by atoms with E-state index in [-0.39, 0.29) is 24.0 Å². The van der Waals surface area contributed by atoms with Crippen LogP contribution in [0.2, 0.25) is 0 Å². The Hall–Kier alpha value is -1.26. The van der Waals surface area contributed by atoms with E-state index in [0.29, 0.717) is 26.1 Å². The van der Waals surface area contributed by atoms with Crippen LogP contribution in [-0.4, -0.2) is 53.5 Å². The van der Waals surface area contributed by atoms with Crippen LogP contribution in [0.1, 0.15) is 34.1 Å². The second-order valence-corrected chi connectivity index (χ2v) is 4.66.